The van der Waals surface area contributed by atoms with Crippen LogP contribution in [0.2, 0.25) is 0 Å². The van der Waals surface area contributed by atoms with Gasteiger partial charge in [0.05, 0.1) is 12.6 Å². The summed E-state index contributed by atoms with van der Waals surface area (Å²) in [4.78, 5) is 15.2. The molecule has 132 valence electrons. The van der Waals surface area contributed by atoms with Crippen LogP contribution in [0.3, 0.4) is 0 Å². The highest BCUT2D eigenvalue weighted by atomic mass is 16.5. The molecule has 0 saturated heterocycles. The Labute approximate surface area is 148 Å². The Bertz CT molecular complexity index is 723. The number of pyridine rings is 1. The van der Waals surface area contributed by atoms with Crippen molar-refractivity contribution in [3.05, 3.63) is 42.0 Å². The third-order valence-electron chi connectivity index (χ3n) is 5.77. The summed E-state index contributed by atoms with van der Waals surface area (Å²) >= 11 is 0. The summed E-state index contributed by atoms with van der Waals surface area (Å²) in [6, 6.07) is 6.43. The molecule has 2 unspecified atom stereocenters. The van der Waals surface area contributed by atoms with Crippen LogP contribution in [-0.2, 0) is 0 Å². The molecule has 2 saturated carbocycles. The van der Waals surface area contributed by atoms with E-state index in [9.17, 15) is 4.79 Å². The quantitative estimate of drug-likeness (QED) is 0.741. The van der Waals surface area contributed by atoms with Crippen LogP contribution >= 0.6 is 0 Å². The Balaban J connectivity index is 1.50. The molecule has 5 heteroatoms. The number of nitrogens with zero attached hydrogens (tertiary/aromatic N) is 3. The minimum Gasteiger partial charge on any atom is -0.491 e. The predicted molar refractivity (Wildman–Crippen MR) is 94.9 cm³/mol. The normalized spacial score (nSPS) is 23.8. The maximum atomic E-state index is 11.1. The van der Waals surface area contributed by atoms with Gasteiger partial charge >= 0.3 is 0 Å². The number of rotatable bonds is 6. The van der Waals surface area contributed by atoms with Crippen molar-refractivity contribution in [2.24, 2.45) is 5.92 Å². The summed E-state index contributed by atoms with van der Waals surface area (Å²) in [5, 5.41) is 4.61. The third kappa shape index (κ3) is 3.32. The number of hydrogen-bond acceptors (Lipinski definition) is 4. The van der Waals surface area contributed by atoms with Gasteiger partial charge in [0, 0.05) is 29.9 Å². The van der Waals surface area contributed by atoms with Crippen molar-refractivity contribution >= 4 is 6.29 Å². The molecule has 0 aromatic carbocycles. The van der Waals surface area contributed by atoms with Crippen LogP contribution in [-0.4, -0.2) is 27.7 Å². The second-order valence-corrected chi connectivity index (χ2v) is 7.25. The second kappa shape index (κ2) is 7.38. The summed E-state index contributed by atoms with van der Waals surface area (Å²) in [5.74, 6) is 1.55. The molecule has 4 rings (SSSR count). The fraction of sp³-hybridized carbons (Fsp3) is 0.550. The first kappa shape index (κ1) is 16.3. The number of carbonyl (C=O) groups excluding carboxylic acids is 1. The molecule has 2 aliphatic carbocycles. The van der Waals surface area contributed by atoms with E-state index in [0.29, 0.717) is 35.9 Å². The molecular formula is C20H25N3O2. The van der Waals surface area contributed by atoms with Crippen molar-refractivity contribution < 1.29 is 9.53 Å². The van der Waals surface area contributed by atoms with Crippen molar-refractivity contribution in [1.82, 2.24) is 14.8 Å². The van der Waals surface area contributed by atoms with Crippen LogP contribution in [0.4, 0.5) is 0 Å². The lowest BCUT2D eigenvalue weighted by atomic mass is 9.77. The first-order chi connectivity index (χ1) is 12.4. The number of ether oxygens (including phenoxy) is 1. The van der Waals surface area contributed by atoms with Gasteiger partial charge in [-0.05, 0) is 50.3 Å². The average Bonchev–Trinajstić information content (AvgIpc) is 3.08. The van der Waals surface area contributed by atoms with Crippen LogP contribution in [0.25, 0.3) is 0 Å². The zero-order valence-corrected chi connectivity index (χ0v) is 14.5. The van der Waals surface area contributed by atoms with Crippen LogP contribution in [0, 0.1) is 5.92 Å². The molecule has 0 aliphatic heterocycles. The Morgan fingerprint density at radius 2 is 2.00 bits per heavy atom. The standard InChI is InChI=1S/C20H25N3O2/c24-13-18-20(9-4-11-21-18)25-14-15-5-1-2-8-17(15)19-10-12-22-23(19)16-6-3-7-16/h4,9-13,15-17H,1-3,5-8,14H2. The molecule has 0 spiro atoms. The van der Waals surface area contributed by atoms with Crippen molar-refractivity contribution in [2.75, 3.05) is 6.61 Å². The Hall–Kier alpha value is -2.17. The van der Waals surface area contributed by atoms with Gasteiger partial charge in [0.15, 0.2) is 6.29 Å². The molecule has 25 heavy (non-hydrogen) atoms. The van der Waals surface area contributed by atoms with Crippen LogP contribution in [0.5, 0.6) is 5.75 Å². The molecule has 0 bridgehead atoms. The topological polar surface area (TPSA) is 57.0 Å². The highest BCUT2D eigenvalue weighted by molar-refractivity contribution is 5.75. The van der Waals surface area contributed by atoms with E-state index >= 15 is 0 Å². The maximum Gasteiger partial charge on any atom is 0.172 e. The first-order valence-corrected chi connectivity index (χ1v) is 9.43. The molecule has 2 atom stereocenters. The van der Waals surface area contributed by atoms with Crippen LogP contribution in [0.15, 0.2) is 30.6 Å². The van der Waals surface area contributed by atoms with Crippen molar-refractivity contribution in [2.45, 2.75) is 56.9 Å². The largest absolute Gasteiger partial charge is 0.491 e. The predicted octanol–water partition coefficient (Wildman–Crippen LogP) is 4.17. The van der Waals surface area contributed by atoms with E-state index in [-0.39, 0.29) is 0 Å². The van der Waals surface area contributed by atoms with Gasteiger partial charge in [-0.3, -0.25) is 9.48 Å². The second-order valence-electron chi connectivity index (χ2n) is 7.25. The molecule has 2 heterocycles. The number of aldehydes is 1. The van der Waals surface area contributed by atoms with Gasteiger partial charge in [-0.2, -0.15) is 5.10 Å². The fourth-order valence-electron chi connectivity index (χ4n) is 4.16. The lowest BCUT2D eigenvalue weighted by Gasteiger charge is -2.35. The Morgan fingerprint density at radius 3 is 2.80 bits per heavy atom. The van der Waals surface area contributed by atoms with Gasteiger partial charge in [0.1, 0.15) is 11.4 Å². The molecule has 2 aromatic rings. The average molecular weight is 339 g/mol. The molecule has 2 aliphatic rings. The minimum atomic E-state index is 0.384. The molecule has 0 amide bonds. The van der Waals surface area contributed by atoms with E-state index in [0.717, 1.165) is 12.7 Å². The first-order valence-electron chi connectivity index (χ1n) is 9.43. The summed E-state index contributed by atoms with van der Waals surface area (Å²) in [6.45, 7) is 0.632. The van der Waals surface area contributed by atoms with E-state index in [1.807, 2.05) is 18.3 Å². The summed E-state index contributed by atoms with van der Waals surface area (Å²) < 4.78 is 8.28. The smallest absolute Gasteiger partial charge is 0.172 e. The minimum absolute atomic E-state index is 0.384. The van der Waals surface area contributed by atoms with E-state index in [1.165, 1.54) is 44.2 Å². The summed E-state index contributed by atoms with van der Waals surface area (Å²) in [5.41, 5.74) is 1.76. The SMILES string of the molecule is O=Cc1ncccc1OCC1CCCCC1c1ccnn1C1CCC1. The summed E-state index contributed by atoms with van der Waals surface area (Å²) in [7, 11) is 0. The highest BCUT2D eigenvalue weighted by Crippen LogP contribution is 2.41. The van der Waals surface area contributed by atoms with E-state index in [2.05, 4.69) is 20.8 Å². The van der Waals surface area contributed by atoms with Gasteiger partial charge in [0.25, 0.3) is 0 Å². The monoisotopic (exact) mass is 339 g/mol. The van der Waals surface area contributed by atoms with E-state index in [4.69, 9.17) is 4.74 Å². The van der Waals surface area contributed by atoms with Gasteiger partial charge in [-0.1, -0.05) is 12.8 Å². The molecule has 0 radical (unpaired) electrons. The zero-order chi connectivity index (χ0) is 17.1. The van der Waals surface area contributed by atoms with E-state index < -0.39 is 0 Å². The van der Waals surface area contributed by atoms with Gasteiger partial charge < -0.3 is 4.74 Å². The van der Waals surface area contributed by atoms with Gasteiger partial charge in [0.2, 0.25) is 0 Å². The highest BCUT2D eigenvalue weighted by Gasteiger charge is 2.32. The molecule has 0 N–H and O–H groups in total. The van der Waals surface area contributed by atoms with Crippen LogP contribution in [0.1, 0.15) is 73.1 Å². The van der Waals surface area contributed by atoms with Crippen LogP contribution < -0.4 is 4.74 Å². The number of carbonyl (C=O) groups is 1. The zero-order valence-electron chi connectivity index (χ0n) is 14.5. The number of aromatic nitrogens is 3. The molecule has 5 nitrogen and oxygen atoms in total. The van der Waals surface area contributed by atoms with Gasteiger partial charge in [-0.15, -0.1) is 0 Å². The van der Waals surface area contributed by atoms with Crippen molar-refractivity contribution in [3.63, 3.8) is 0 Å². The maximum absolute atomic E-state index is 11.1. The molecule has 2 aromatic heterocycles. The Kier molecular flexibility index (Phi) is 4.81. The lowest BCUT2D eigenvalue weighted by molar-refractivity contribution is 0.111. The van der Waals surface area contributed by atoms with E-state index in [1.54, 1.807) is 6.20 Å². The lowest BCUT2D eigenvalue weighted by Crippen LogP contribution is -2.28. The summed E-state index contributed by atoms with van der Waals surface area (Å²) in [6.07, 6.45) is 13.0. The molecular weight excluding hydrogens is 314 g/mol. The third-order valence-corrected chi connectivity index (χ3v) is 5.77. The Morgan fingerprint density at radius 1 is 1.12 bits per heavy atom. The molecule has 2 fully saturated rings. The number of hydrogen-bond donors (Lipinski definition) is 0. The van der Waals surface area contributed by atoms with Crippen molar-refractivity contribution in [3.8, 4) is 5.75 Å². The fourth-order valence-corrected chi connectivity index (χ4v) is 4.16. The van der Waals surface area contributed by atoms with Gasteiger partial charge in [-0.25, -0.2) is 4.98 Å². The van der Waals surface area contributed by atoms with Crippen molar-refractivity contribution in [1.29, 1.82) is 0 Å².